The van der Waals surface area contributed by atoms with E-state index < -0.39 is 42.9 Å². The van der Waals surface area contributed by atoms with Crippen molar-refractivity contribution in [2.45, 2.75) is 37.4 Å². The van der Waals surface area contributed by atoms with Gasteiger partial charge in [-0.3, -0.25) is 4.79 Å². The van der Waals surface area contributed by atoms with Crippen molar-refractivity contribution in [2.24, 2.45) is 0 Å². The zero-order valence-corrected chi connectivity index (χ0v) is 8.24. The van der Waals surface area contributed by atoms with Gasteiger partial charge in [0, 0.05) is 0 Å². The van der Waals surface area contributed by atoms with E-state index in [0.29, 0.717) is 0 Å². The highest BCUT2D eigenvalue weighted by molar-refractivity contribution is 5.76. The number of ketones is 1. The molecule has 0 fully saturated rings. The van der Waals surface area contributed by atoms with Gasteiger partial charge in [0.05, 0.1) is 13.0 Å². The second-order valence-corrected chi connectivity index (χ2v) is 3.44. The van der Waals surface area contributed by atoms with Crippen molar-refractivity contribution in [2.75, 3.05) is 6.61 Å². The number of aliphatic hydroxyl groups is 6. The largest absolute Gasteiger partial charge is 0.394 e. The first-order chi connectivity index (χ1) is 6.72. The van der Waals surface area contributed by atoms with Crippen LogP contribution < -0.4 is 0 Å². The Labute approximate surface area is 86.2 Å². The molecule has 0 aromatic rings. The summed E-state index contributed by atoms with van der Waals surface area (Å²) in [5, 5.41) is 54.1. The molecule has 0 unspecified atom stereocenters. The highest BCUT2D eigenvalue weighted by atomic mass is 16.5. The van der Waals surface area contributed by atoms with Gasteiger partial charge in [-0.15, -0.1) is 0 Å². The van der Waals surface area contributed by atoms with Crippen LogP contribution in [0.1, 0.15) is 13.3 Å². The van der Waals surface area contributed by atoms with Gasteiger partial charge in [-0.1, -0.05) is 0 Å². The van der Waals surface area contributed by atoms with Gasteiger partial charge >= 0.3 is 0 Å². The molecule has 0 saturated carbocycles. The van der Waals surface area contributed by atoms with Crippen LogP contribution in [0.5, 0.6) is 0 Å². The summed E-state index contributed by atoms with van der Waals surface area (Å²) in [7, 11) is 0. The van der Waals surface area contributed by atoms with Crippen molar-refractivity contribution in [3.05, 3.63) is 0 Å². The molecule has 0 bridgehead atoms. The molecule has 0 radical (unpaired) electrons. The summed E-state index contributed by atoms with van der Waals surface area (Å²) < 4.78 is 0. The van der Waals surface area contributed by atoms with E-state index in [1.807, 2.05) is 0 Å². The fraction of sp³-hybridized carbons (Fsp3) is 0.875. The minimum atomic E-state index is -2.83. The van der Waals surface area contributed by atoms with E-state index >= 15 is 0 Å². The fourth-order valence-corrected chi connectivity index (χ4v) is 1.06. The first kappa shape index (κ1) is 14.4. The number of hydrogen-bond acceptors (Lipinski definition) is 7. The van der Waals surface area contributed by atoms with Gasteiger partial charge in [0.2, 0.25) is 0 Å². The molecule has 0 heterocycles. The van der Waals surface area contributed by atoms with Gasteiger partial charge in [0.25, 0.3) is 0 Å². The molecule has 15 heavy (non-hydrogen) atoms. The second kappa shape index (κ2) is 5.50. The first-order valence-corrected chi connectivity index (χ1v) is 4.31. The Kier molecular flexibility index (Phi) is 5.29. The highest BCUT2D eigenvalue weighted by Gasteiger charge is 2.41. The van der Waals surface area contributed by atoms with Gasteiger partial charge < -0.3 is 30.6 Å². The van der Waals surface area contributed by atoms with Gasteiger partial charge in [-0.25, -0.2) is 0 Å². The van der Waals surface area contributed by atoms with Crippen molar-refractivity contribution < 1.29 is 35.4 Å². The molecular formula is C8H16O7. The van der Waals surface area contributed by atoms with E-state index in [2.05, 4.69) is 0 Å². The molecule has 7 heteroatoms. The standard InChI is InChI=1S/C8H16O7/c1-4(10)2-8(14,15)7(13)6(12)5(11)3-9/h5-7,9,11-15H,2-3H2,1H3/t5-,6-,7+/m1/s1. The van der Waals surface area contributed by atoms with E-state index in [0.717, 1.165) is 6.92 Å². The van der Waals surface area contributed by atoms with E-state index in [9.17, 15) is 20.1 Å². The molecule has 7 nitrogen and oxygen atoms in total. The number of carbonyl (C=O) groups is 1. The topological polar surface area (TPSA) is 138 Å². The molecule has 0 saturated heterocycles. The minimum absolute atomic E-state index is 0.607. The lowest BCUT2D eigenvalue weighted by Gasteiger charge is -2.31. The average molecular weight is 224 g/mol. The zero-order chi connectivity index (χ0) is 12.2. The summed E-state index contributed by atoms with van der Waals surface area (Å²) in [4.78, 5) is 10.6. The van der Waals surface area contributed by atoms with Crippen LogP contribution in [0.3, 0.4) is 0 Å². The third-order valence-electron chi connectivity index (χ3n) is 1.89. The van der Waals surface area contributed by atoms with Crippen LogP contribution in [0.15, 0.2) is 0 Å². The molecule has 0 spiro atoms. The predicted octanol–water partition coefficient (Wildman–Crippen LogP) is -3.28. The van der Waals surface area contributed by atoms with Crippen LogP contribution in [0.25, 0.3) is 0 Å². The maximum atomic E-state index is 10.6. The second-order valence-electron chi connectivity index (χ2n) is 3.44. The molecule has 0 aromatic heterocycles. The van der Waals surface area contributed by atoms with Crippen molar-refractivity contribution in [1.82, 2.24) is 0 Å². The highest BCUT2D eigenvalue weighted by Crippen LogP contribution is 2.17. The summed E-state index contributed by atoms with van der Waals surface area (Å²) in [6.07, 6.45) is -6.61. The van der Waals surface area contributed by atoms with E-state index in [-0.39, 0.29) is 0 Å². The Hall–Kier alpha value is -0.570. The van der Waals surface area contributed by atoms with E-state index in [1.165, 1.54) is 0 Å². The minimum Gasteiger partial charge on any atom is -0.394 e. The smallest absolute Gasteiger partial charge is 0.199 e. The summed E-state index contributed by atoms with van der Waals surface area (Å²) >= 11 is 0. The summed E-state index contributed by atoms with van der Waals surface area (Å²) in [5.41, 5.74) is 0. The third kappa shape index (κ3) is 4.20. The molecule has 0 aliphatic heterocycles. The van der Waals surface area contributed by atoms with Gasteiger partial charge in [-0.2, -0.15) is 0 Å². The SMILES string of the molecule is CC(=O)CC(O)(O)[C@@H](O)[C@H](O)[C@H](O)CO. The molecule has 0 aliphatic carbocycles. The maximum Gasteiger partial charge on any atom is 0.199 e. The maximum absolute atomic E-state index is 10.6. The molecule has 0 rings (SSSR count). The Bertz CT molecular complexity index is 215. The number of Topliss-reactive ketones (excluding diaryl/α,β-unsaturated/α-hetero) is 1. The monoisotopic (exact) mass is 224 g/mol. The van der Waals surface area contributed by atoms with Crippen molar-refractivity contribution in [3.63, 3.8) is 0 Å². The molecule has 6 N–H and O–H groups in total. The summed E-state index contributed by atoms with van der Waals surface area (Å²) in [6, 6.07) is 0. The van der Waals surface area contributed by atoms with E-state index in [1.54, 1.807) is 0 Å². The molecule has 0 amide bonds. The van der Waals surface area contributed by atoms with Crippen LogP contribution in [0, 0.1) is 0 Å². The normalized spacial score (nSPS) is 18.3. The fourth-order valence-electron chi connectivity index (χ4n) is 1.06. The third-order valence-corrected chi connectivity index (χ3v) is 1.89. The average Bonchev–Trinajstić information content (AvgIpc) is 2.12. The van der Waals surface area contributed by atoms with Crippen LogP contribution in [0.2, 0.25) is 0 Å². The van der Waals surface area contributed by atoms with Crippen LogP contribution in [0.4, 0.5) is 0 Å². The molecule has 3 atom stereocenters. The van der Waals surface area contributed by atoms with Gasteiger partial charge in [-0.05, 0) is 6.92 Å². The lowest BCUT2D eigenvalue weighted by Crippen LogP contribution is -2.54. The van der Waals surface area contributed by atoms with Crippen molar-refractivity contribution in [3.8, 4) is 0 Å². The molecular weight excluding hydrogens is 208 g/mol. The van der Waals surface area contributed by atoms with E-state index in [4.69, 9.17) is 15.3 Å². The first-order valence-electron chi connectivity index (χ1n) is 4.31. The lowest BCUT2D eigenvalue weighted by atomic mass is 9.96. The van der Waals surface area contributed by atoms with Crippen LogP contribution >= 0.6 is 0 Å². The number of carbonyl (C=O) groups excluding carboxylic acids is 1. The number of aliphatic hydroxyl groups excluding tert-OH is 4. The quantitative estimate of drug-likeness (QED) is 0.260. The Morgan fingerprint density at radius 2 is 1.73 bits per heavy atom. The summed E-state index contributed by atoms with van der Waals surface area (Å²) in [5.74, 6) is -3.44. The number of rotatable bonds is 6. The predicted molar refractivity (Wildman–Crippen MR) is 47.6 cm³/mol. The van der Waals surface area contributed by atoms with Gasteiger partial charge in [0.15, 0.2) is 5.79 Å². The van der Waals surface area contributed by atoms with Gasteiger partial charge in [0.1, 0.15) is 24.1 Å². The van der Waals surface area contributed by atoms with Crippen molar-refractivity contribution in [1.29, 1.82) is 0 Å². The van der Waals surface area contributed by atoms with Crippen LogP contribution in [-0.2, 0) is 4.79 Å². The molecule has 0 aromatic carbocycles. The molecule has 90 valence electrons. The lowest BCUT2D eigenvalue weighted by molar-refractivity contribution is -0.257. The Morgan fingerprint density at radius 1 is 1.27 bits per heavy atom. The Balaban J connectivity index is 4.52. The Morgan fingerprint density at radius 3 is 2.07 bits per heavy atom. The zero-order valence-electron chi connectivity index (χ0n) is 8.24. The molecule has 0 aliphatic rings. The van der Waals surface area contributed by atoms with Crippen LogP contribution in [-0.4, -0.2) is 67.1 Å². The number of hydrogen-bond donors (Lipinski definition) is 6. The van der Waals surface area contributed by atoms with Crippen molar-refractivity contribution >= 4 is 5.78 Å². The summed E-state index contributed by atoms with van der Waals surface area (Å²) in [6.45, 7) is 0.219.